The van der Waals surface area contributed by atoms with Crippen molar-refractivity contribution in [3.05, 3.63) is 93.5 Å². The quantitative estimate of drug-likeness (QED) is 0.272. The number of rotatable bonds is 5. The summed E-state index contributed by atoms with van der Waals surface area (Å²) < 4.78 is 30.5. The molecule has 2 aliphatic heterocycles. The monoisotopic (exact) mass is 554 g/mol. The highest BCUT2D eigenvalue weighted by Gasteiger charge is 2.43. The van der Waals surface area contributed by atoms with Gasteiger partial charge in [0.05, 0.1) is 17.7 Å². The lowest BCUT2D eigenvalue weighted by Gasteiger charge is -2.37. The summed E-state index contributed by atoms with van der Waals surface area (Å²) in [5.41, 5.74) is 0.669. The lowest BCUT2D eigenvalue weighted by molar-refractivity contribution is 0.0860. The first-order valence-corrected chi connectivity index (χ1v) is 13.2. The molecule has 0 fully saturated rings. The first-order chi connectivity index (χ1) is 19.5. The minimum atomic E-state index is -1.25. The molecule has 2 N–H and O–H groups in total. The number of aromatic hydroxyl groups is 1. The molecule has 41 heavy (non-hydrogen) atoms. The zero-order valence-corrected chi connectivity index (χ0v) is 23.4. The van der Waals surface area contributed by atoms with Gasteiger partial charge in [-0.15, -0.1) is 0 Å². The highest BCUT2D eigenvalue weighted by atomic mass is 16.5. The highest BCUT2D eigenvalue weighted by Crippen LogP contribution is 2.52. The molecule has 0 spiro atoms. The second-order valence-electron chi connectivity index (χ2n) is 11.2. The van der Waals surface area contributed by atoms with E-state index in [1.807, 2.05) is 38.1 Å². The molecule has 3 heterocycles. The number of methoxy groups -OCH3 is 1. The molecule has 0 atom stereocenters. The molecular weight excluding hydrogens is 524 g/mol. The van der Waals surface area contributed by atoms with Crippen molar-refractivity contribution in [2.24, 2.45) is 0 Å². The average molecular weight is 555 g/mol. The Hall–Kier alpha value is -4.69. The molecule has 2 aliphatic rings. The molecule has 0 amide bonds. The Labute approximate surface area is 236 Å². The van der Waals surface area contributed by atoms with Crippen LogP contribution in [0.4, 0.5) is 0 Å². The first-order valence-electron chi connectivity index (χ1n) is 13.2. The summed E-state index contributed by atoms with van der Waals surface area (Å²) in [7, 11) is 1.63. The molecule has 4 aromatic rings. The minimum Gasteiger partial charge on any atom is -0.508 e. The summed E-state index contributed by atoms with van der Waals surface area (Å²) in [6, 6.07) is 13.6. The molecule has 0 saturated heterocycles. The van der Waals surface area contributed by atoms with Gasteiger partial charge in [-0.25, -0.2) is 0 Å². The molecule has 0 radical (unpaired) electrons. The predicted octanol–water partition coefficient (Wildman–Crippen LogP) is 6.97. The molecule has 6 rings (SSSR count). The van der Waals surface area contributed by atoms with Crippen molar-refractivity contribution in [2.45, 2.75) is 45.5 Å². The smallest absolute Gasteiger partial charge is 0.204 e. The van der Waals surface area contributed by atoms with Gasteiger partial charge in [-0.2, -0.15) is 0 Å². The van der Waals surface area contributed by atoms with Crippen LogP contribution in [0.2, 0.25) is 0 Å². The van der Waals surface area contributed by atoms with Gasteiger partial charge >= 0.3 is 0 Å². The van der Waals surface area contributed by atoms with Gasteiger partial charge < -0.3 is 33.6 Å². The average Bonchev–Trinajstić information content (AvgIpc) is 2.92. The molecule has 0 bridgehead atoms. The third-order valence-electron chi connectivity index (χ3n) is 7.18. The van der Waals surface area contributed by atoms with E-state index in [2.05, 4.69) is 0 Å². The Morgan fingerprint density at radius 1 is 0.902 bits per heavy atom. The second-order valence-corrected chi connectivity index (χ2v) is 11.2. The highest BCUT2D eigenvalue weighted by molar-refractivity contribution is 6.01. The van der Waals surface area contributed by atoms with E-state index < -0.39 is 11.2 Å². The Morgan fingerprint density at radius 3 is 2.29 bits per heavy atom. The molecule has 8 heteroatoms. The Morgan fingerprint density at radius 2 is 1.61 bits per heavy atom. The van der Waals surface area contributed by atoms with Crippen LogP contribution in [0, 0.1) is 0 Å². The van der Waals surface area contributed by atoms with Crippen LogP contribution in [0.25, 0.3) is 33.9 Å². The van der Waals surface area contributed by atoms with Crippen LogP contribution in [0.15, 0.2) is 75.8 Å². The standard InChI is InChI=1S/C33H30O8/c1-32(2)15-14-22-27-24(26(35)23(17-38-27)19-8-10-20(34)11-9-19)29-25(28(22)40-32)30(31(36)33(3,4)41-29)39-21-12-6-18(7-13-21)16-37-5/h6-15,17,34,36H,16H2,1-5H3. The molecule has 210 valence electrons. The largest absolute Gasteiger partial charge is 0.508 e. The van der Waals surface area contributed by atoms with Crippen LogP contribution in [-0.4, -0.2) is 28.5 Å². The fraction of sp³-hybridized carbons (Fsp3) is 0.242. The van der Waals surface area contributed by atoms with Crippen molar-refractivity contribution in [3.63, 3.8) is 0 Å². The summed E-state index contributed by atoms with van der Waals surface area (Å²) >= 11 is 0. The van der Waals surface area contributed by atoms with Crippen molar-refractivity contribution in [1.82, 2.24) is 0 Å². The fourth-order valence-electron chi connectivity index (χ4n) is 5.06. The number of phenolic OH excluding ortho intramolecular Hbond substituents is 1. The van der Waals surface area contributed by atoms with E-state index in [1.165, 1.54) is 18.4 Å². The topological polar surface area (TPSA) is 108 Å². The maximum absolute atomic E-state index is 14.2. The number of hydrogen-bond acceptors (Lipinski definition) is 8. The summed E-state index contributed by atoms with van der Waals surface area (Å²) in [5, 5.41) is 21.4. The molecular formula is C33H30O8. The van der Waals surface area contributed by atoms with Crippen molar-refractivity contribution in [3.8, 4) is 34.1 Å². The Balaban J connectivity index is 1.65. The molecule has 0 saturated carbocycles. The van der Waals surface area contributed by atoms with E-state index in [-0.39, 0.29) is 39.4 Å². The molecule has 0 aliphatic carbocycles. The molecule has 1 aromatic heterocycles. The van der Waals surface area contributed by atoms with Crippen LogP contribution < -0.4 is 19.6 Å². The van der Waals surface area contributed by atoms with Gasteiger partial charge in [0, 0.05) is 7.11 Å². The third kappa shape index (κ3) is 4.50. The number of aliphatic hydroxyl groups is 1. The van der Waals surface area contributed by atoms with Crippen molar-refractivity contribution >= 4 is 22.8 Å². The van der Waals surface area contributed by atoms with Gasteiger partial charge in [0.1, 0.15) is 40.1 Å². The number of benzene rings is 3. The van der Waals surface area contributed by atoms with E-state index >= 15 is 0 Å². The molecule has 0 unspecified atom stereocenters. The van der Waals surface area contributed by atoms with Gasteiger partial charge in [-0.1, -0.05) is 24.3 Å². The Bertz CT molecular complexity index is 1790. The van der Waals surface area contributed by atoms with E-state index in [1.54, 1.807) is 45.2 Å². The van der Waals surface area contributed by atoms with Crippen LogP contribution >= 0.6 is 0 Å². The van der Waals surface area contributed by atoms with E-state index in [9.17, 15) is 15.0 Å². The van der Waals surface area contributed by atoms with E-state index in [0.717, 1.165) is 5.56 Å². The zero-order valence-electron chi connectivity index (χ0n) is 23.4. The fourth-order valence-corrected chi connectivity index (χ4v) is 5.06. The summed E-state index contributed by atoms with van der Waals surface area (Å²) in [4.78, 5) is 14.2. The first kappa shape index (κ1) is 26.5. The molecule has 8 nitrogen and oxygen atoms in total. The predicted molar refractivity (Wildman–Crippen MR) is 155 cm³/mol. The van der Waals surface area contributed by atoms with Crippen LogP contribution in [-0.2, 0) is 11.3 Å². The van der Waals surface area contributed by atoms with E-state index in [0.29, 0.717) is 40.4 Å². The van der Waals surface area contributed by atoms with Gasteiger partial charge in [0.2, 0.25) is 5.43 Å². The molecule has 3 aromatic carbocycles. The normalized spacial score (nSPS) is 16.5. The van der Waals surface area contributed by atoms with E-state index in [4.69, 9.17) is 23.4 Å². The van der Waals surface area contributed by atoms with Crippen molar-refractivity contribution < 1.29 is 33.6 Å². The maximum atomic E-state index is 14.2. The summed E-state index contributed by atoms with van der Waals surface area (Å²) in [5.74, 6) is 1.08. The summed E-state index contributed by atoms with van der Waals surface area (Å²) in [6.07, 6.45) is 5.12. The second kappa shape index (κ2) is 9.45. The van der Waals surface area contributed by atoms with Gasteiger partial charge in [-0.3, -0.25) is 4.79 Å². The Kier molecular flexibility index (Phi) is 6.12. The lowest BCUT2D eigenvalue weighted by atomic mass is 9.90. The third-order valence-corrected chi connectivity index (χ3v) is 7.18. The minimum absolute atomic E-state index is 0.0815. The maximum Gasteiger partial charge on any atom is 0.204 e. The van der Waals surface area contributed by atoms with Crippen molar-refractivity contribution in [2.75, 3.05) is 7.11 Å². The number of ether oxygens (including phenoxy) is 4. The lowest BCUT2D eigenvalue weighted by Crippen LogP contribution is -2.37. The number of hydrogen-bond donors (Lipinski definition) is 2. The van der Waals surface area contributed by atoms with Crippen molar-refractivity contribution in [1.29, 1.82) is 0 Å². The van der Waals surface area contributed by atoms with Gasteiger partial charge in [0.25, 0.3) is 0 Å². The number of aliphatic hydroxyl groups excluding tert-OH is 1. The summed E-state index contributed by atoms with van der Waals surface area (Å²) in [6.45, 7) is 7.64. The SMILES string of the molecule is COCc1ccc(OC2=C(O)C(C)(C)Oc3c2c2c(c4occ(-c5ccc(O)cc5)c(=O)c34)C=CC(C)(C)O2)cc1. The number of phenols is 1. The van der Waals surface area contributed by atoms with Gasteiger partial charge in [-0.05, 0) is 75.2 Å². The van der Waals surface area contributed by atoms with Crippen LogP contribution in [0.1, 0.15) is 44.4 Å². The van der Waals surface area contributed by atoms with Crippen LogP contribution in [0.5, 0.6) is 23.0 Å². The van der Waals surface area contributed by atoms with Gasteiger partial charge in [0.15, 0.2) is 28.5 Å². The zero-order chi connectivity index (χ0) is 29.1. The number of fused-ring (bicyclic) bond motifs is 6. The van der Waals surface area contributed by atoms with Crippen LogP contribution in [0.3, 0.4) is 0 Å².